The van der Waals surface area contributed by atoms with Crippen LogP contribution in [0.4, 0.5) is 0 Å². The summed E-state index contributed by atoms with van der Waals surface area (Å²) in [4.78, 5) is 16.4. The van der Waals surface area contributed by atoms with Gasteiger partial charge < -0.3 is 4.90 Å². The minimum atomic E-state index is 0.128. The van der Waals surface area contributed by atoms with Crippen molar-refractivity contribution in [1.29, 1.82) is 0 Å². The number of rotatable bonds is 4. The van der Waals surface area contributed by atoms with Gasteiger partial charge in [-0.15, -0.1) is 0 Å². The maximum absolute atomic E-state index is 12.0. The number of nitrogens with zero attached hydrogens (tertiary/aromatic N) is 4. The Hall–Kier alpha value is -2.14. The molecule has 2 aromatic rings. The second kappa shape index (κ2) is 6.96. The van der Waals surface area contributed by atoms with E-state index in [1.54, 1.807) is 6.92 Å². The molecule has 0 radical (unpaired) electrons. The number of carbonyl (C=O) groups is 1. The lowest BCUT2D eigenvalue weighted by atomic mass is 10.0. The highest BCUT2D eigenvalue weighted by molar-refractivity contribution is 5.74. The van der Waals surface area contributed by atoms with E-state index in [1.165, 1.54) is 11.1 Å². The predicted molar refractivity (Wildman–Crippen MR) is 89.7 cm³/mol. The van der Waals surface area contributed by atoms with Gasteiger partial charge in [0.15, 0.2) is 0 Å². The van der Waals surface area contributed by atoms with E-state index in [0.29, 0.717) is 0 Å². The van der Waals surface area contributed by atoms with Crippen molar-refractivity contribution >= 4 is 5.91 Å². The monoisotopic (exact) mass is 312 g/mol. The zero-order valence-corrected chi connectivity index (χ0v) is 13.9. The van der Waals surface area contributed by atoms with E-state index < -0.39 is 0 Å². The van der Waals surface area contributed by atoms with Crippen LogP contribution in [0, 0.1) is 0 Å². The predicted octanol–water partition coefficient (Wildman–Crippen LogP) is 2.31. The van der Waals surface area contributed by atoms with Crippen molar-refractivity contribution in [3.8, 4) is 0 Å². The Balaban J connectivity index is 1.74. The normalized spacial score (nSPS) is 19.0. The Kier molecular flexibility index (Phi) is 4.76. The third-order valence-corrected chi connectivity index (χ3v) is 4.47. The average molecular weight is 312 g/mol. The summed E-state index contributed by atoms with van der Waals surface area (Å²) >= 11 is 0. The Bertz CT molecular complexity index is 652. The van der Waals surface area contributed by atoms with E-state index in [-0.39, 0.29) is 11.9 Å². The second-order valence-electron chi connectivity index (χ2n) is 6.08. The van der Waals surface area contributed by atoms with Gasteiger partial charge in [0, 0.05) is 51.4 Å². The second-order valence-corrected chi connectivity index (χ2v) is 6.08. The van der Waals surface area contributed by atoms with Crippen molar-refractivity contribution in [3.05, 3.63) is 53.9 Å². The number of carbonyl (C=O) groups excluding carboxylic acids is 1. The molecule has 23 heavy (non-hydrogen) atoms. The fourth-order valence-corrected chi connectivity index (χ4v) is 3.24. The minimum absolute atomic E-state index is 0.128. The first-order valence-corrected chi connectivity index (χ1v) is 8.23. The molecule has 1 aromatic carbocycles. The van der Waals surface area contributed by atoms with Gasteiger partial charge in [-0.3, -0.25) is 14.4 Å². The average Bonchev–Trinajstić information content (AvgIpc) is 3.03. The third kappa shape index (κ3) is 3.62. The first-order valence-electron chi connectivity index (χ1n) is 8.23. The van der Waals surface area contributed by atoms with E-state index in [1.807, 2.05) is 34.0 Å². The Morgan fingerprint density at radius 2 is 2.04 bits per heavy atom. The van der Waals surface area contributed by atoms with Gasteiger partial charge in [0.25, 0.3) is 0 Å². The Morgan fingerprint density at radius 1 is 1.26 bits per heavy atom. The lowest BCUT2D eigenvalue weighted by molar-refractivity contribution is -0.134. The van der Waals surface area contributed by atoms with Crippen molar-refractivity contribution in [2.45, 2.75) is 33.0 Å². The minimum Gasteiger partial charge on any atom is -0.333 e. The van der Waals surface area contributed by atoms with Crippen LogP contribution in [0.25, 0.3) is 0 Å². The zero-order chi connectivity index (χ0) is 16.2. The molecule has 1 saturated heterocycles. The molecule has 1 fully saturated rings. The zero-order valence-electron chi connectivity index (χ0n) is 13.9. The summed E-state index contributed by atoms with van der Waals surface area (Å²) < 4.78 is 1.95. The van der Waals surface area contributed by atoms with Gasteiger partial charge in [0.1, 0.15) is 0 Å². The highest BCUT2D eigenvalue weighted by Gasteiger charge is 2.29. The highest BCUT2D eigenvalue weighted by atomic mass is 16.2. The molecule has 122 valence electrons. The molecule has 1 aliphatic rings. The van der Waals surface area contributed by atoms with Gasteiger partial charge in [-0.1, -0.05) is 30.3 Å². The van der Waals surface area contributed by atoms with Crippen LogP contribution in [0.5, 0.6) is 0 Å². The third-order valence-electron chi connectivity index (χ3n) is 4.47. The van der Waals surface area contributed by atoms with Crippen molar-refractivity contribution in [3.63, 3.8) is 0 Å². The van der Waals surface area contributed by atoms with Gasteiger partial charge in [0.05, 0.1) is 12.2 Å². The van der Waals surface area contributed by atoms with E-state index in [9.17, 15) is 4.79 Å². The fourth-order valence-electron chi connectivity index (χ4n) is 3.24. The van der Waals surface area contributed by atoms with Crippen LogP contribution < -0.4 is 0 Å². The van der Waals surface area contributed by atoms with E-state index in [0.717, 1.165) is 32.7 Å². The molecule has 2 heterocycles. The number of amides is 1. The summed E-state index contributed by atoms with van der Waals surface area (Å²) in [6.07, 6.45) is 4.05. The Labute approximate surface area is 137 Å². The molecule has 3 rings (SSSR count). The summed E-state index contributed by atoms with van der Waals surface area (Å²) in [6, 6.07) is 10.4. The summed E-state index contributed by atoms with van der Waals surface area (Å²) in [5, 5.41) is 4.35. The van der Waals surface area contributed by atoms with Crippen LogP contribution >= 0.6 is 0 Å². The molecule has 0 bridgehead atoms. The van der Waals surface area contributed by atoms with Crippen LogP contribution in [0.3, 0.4) is 0 Å². The van der Waals surface area contributed by atoms with Gasteiger partial charge in [-0.05, 0) is 12.5 Å². The molecule has 0 N–H and O–H groups in total. The number of benzene rings is 1. The molecule has 5 nitrogen and oxygen atoms in total. The molecule has 0 aliphatic carbocycles. The molecule has 5 heteroatoms. The summed E-state index contributed by atoms with van der Waals surface area (Å²) in [5.41, 5.74) is 2.44. The topological polar surface area (TPSA) is 41.4 Å². The van der Waals surface area contributed by atoms with Crippen LogP contribution in [0.2, 0.25) is 0 Å². The van der Waals surface area contributed by atoms with Crippen molar-refractivity contribution in [2.75, 3.05) is 19.6 Å². The van der Waals surface area contributed by atoms with Gasteiger partial charge in [-0.25, -0.2) is 0 Å². The lowest BCUT2D eigenvalue weighted by Gasteiger charge is -2.41. The van der Waals surface area contributed by atoms with Gasteiger partial charge in [-0.2, -0.15) is 5.10 Å². The van der Waals surface area contributed by atoms with Crippen LogP contribution in [0.15, 0.2) is 42.7 Å². The first kappa shape index (κ1) is 15.7. The number of hydrogen-bond donors (Lipinski definition) is 0. The molecule has 0 spiro atoms. The van der Waals surface area contributed by atoms with Crippen molar-refractivity contribution in [2.24, 2.45) is 0 Å². The van der Waals surface area contributed by atoms with Crippen LogP contribution in [0.1, 0.15) is 31.0 Å². The van der Waals surface area contributed by atoms with Gasteiger partial charge in [0.2, 0.25) is 5.91 Å². The van der Waals surface area contributed by atoms with Crippen LogP contribution in [-0.2, 0) is 17.9 Å². The van der Waals surface area contributed by atoms with E-state index in [4.69, 9.17) is 0 Å². The SMILES string of the molecule is CCn1cc(CN2CCN(C(C)=O)[C@@H](c3ccccc3)C2)cn1. The van der Waals surface area contributed by atoms with E-state index in [2.05, 4.69) is 35.3 Å². The van der Waals surface area contributed by atoms with E-state index >= 15 is 0 Å². The molecule has 0 unspecified atom stereocenters. The largest absolute Gasteiger partial charge is 0.333 e. The summed E-state index contributed by atoms with van der Waals surface area (Å²) in [6.45, 7) is 8.07. The maximum atomic E-state index is 12.0. The number of aromatic nitrogens is 2. The molecule has 1 atom stereocenters. The highest BCUT2D eigenvalue weighted by Crippen LogP contribution is 2.26. The number of piperazine rings is 1. The number of hydrogen-bond acceptors (Lipinski definition) is 3. The standard InChI is InChI=1S/C18H24N4O/c1-3-21-13-16(11-19-21)12-20-9-10-22(15(2)23)18(14-20)17-7-5-4-6-8-17/h4-8,11,13,18H,3,9-10,12,14H2,1-2H3/t18-/m1/s1. The summed E-state index contributed by atoms with van der Waals surface area (Å²) in [5.74, 6) is 0.150. The Morgan fingerprint density at radius 3 is 2.70 bits per heavy atom. The maximum Gasteiger partial charge on any atom is 0.220 e. The van der Waals surface area contributed by atoms with Crippen molar-refractivity contribution < 1.29 is 4.79 Å². The smallest absolute Gasteiger partial charge is 0.220 e. The van der Waals surface area contributed by atoms with Crippen LogP contribution in [-0.4, -0.2) is 45.1 Å². The first-order chi connectivity index (χ1) is 11.2. The summed E-state index contributed by atoms with van der Waals surface area (Å²) in [7, 11) is 0. The van der Waals surface area contributed by atoms with Crippen molar-refractivity contribution in [1.82, 2.24) is 19.6 Å². The quantitative estimate of drug-likeness (QED) is 0.870. The molecular weight excluding hydrogens is 288 g/mol. The number of aryl methyl sites for hydroxylation is 1. The fraction of sp³-hybridized carbons (Fsp3) is 0.444. The molecular formula is C18H24N4O. The van der Waals surface area contributed by atoms with Gasteiger partial charge >= 0.3 is 0 Å². The molecule has 0 saturated carbocycles. The molecule has 1 aromatic heterocycles. The lowest BCUT2D eigenvalue weighted by Crippen LogP contribution is -2.49. The molecule has 1 amide bonds. The molecule has 1 aliphatic heterocycles.